The highest BCUT2D eigenvalue weighted by atomic mass is 15.3. The second-order valence-corrected chi connectivity index (χ2v) is 5.71. The lowest BCUT2D eigenvalue weighted by molar-refractivity contribution is 0.280. The molecule has 0 aliphatic heterocycles. The van der Waals surface area contributed by atoms with E-state index in [1.54, 1.807) is 0 Å². The molecule has 0 bridgehead atoms. The zero-order chi connectivity index (χ0) is 13.5. The van der Waals surface area contributed by atoms with Gasteiger partial charge in [-0.1, -0.05) is 39.0 Å². The molecular formula is C16H29N3. The van der Waals surface area contributed by atoms with E-state index in [0.717, 1.165) is 19.0 Å². The van der Waals surface area contributed by atoms with Crippen molar-refractivity contribution < 1.29 is 0 Å². The van der Waals surface area contributed by atoms with Crippen LogP contribution in [0.4, 0.5) is 0 Å². The van der Waals surface area contributed by atoms with Crippen LogP contribution in [0.15, 0.2) is 12.3 Å². The molecule has 108 valence electrons. The minimum Gasteiger partial charge on any atom is -0.309 e. The lowest BCUT2D eigenvalue weighted by atomic mass is 9.84. The van der Waals surface area contributed by atoms with Crippen molar-refractivity contribution in [1.82, 2.24) is 15.1 Å². The molecule has 3 heteroatoms. The Hall–Kier alpha value is -0.830. The van der Waals surface area contributed by atoms with E-state index in [2.05, 4.69) is 35.0 Å². The number of nitrogens with one attached hydrogen (secondary N) is 1. The maximum atomic E-state index is 4.45. The molecule has 2 rings (SSSR count). The summed E-state index contributed by atoms with van der Waals surface area (Å²) in [5, 5.41) is 8.17. The van der Waals surface area contributed by atoms with Gasteiger partial charge in [0.2, 0.25) is 0 Å². The van der Waals surface area contributed by atoms with Crippen LogP contribution in [0.5, 0.6) is 0 Å². The highest BCUT2D eigenvalue weighted by molar-refractivity contribution is 5.09. The van der Waals surface area contributed by atoms with E-state index < -0.39 is 0 Å². The van der Waals surface area contributed by atoms with Gasteiger partial charge in [0.25, 0.3) is 0 Å². The van der Waals surface area contributed by atoms with Crippen LogP contribution in [0.1, 0.15) is 70.5 Å². The average Bonchev–Trinajstić information content (AvgIpc) is 2.84. The minimum absolute atomic E-state index is 0.491. The second-order valence-electron chi connectivity index (χ2n) is 5.71. The van der Waals surface area contributed by atoms with Crippen molar-refractivity contribution in [2.24, 2.45) is 5.92 Å². The smallest absolute Gasteiger partial charge is 0.0556 e. The van der Waals surface area contributed by atoms with Gasteiger partial charge < -0.3 is 5.32 Å². The molecular weight excluding hydrogens is 234 g/mol. The van der Waals surface area contributed by atoms with Gasteiger partial charge in [0.05, 0.1) is 11.7 Å². The Bertz CT molecular complexity index is 351. The Balaban J connectivity index is 2.13. The molecule has 1 aliphatic rings. The van der Waals surface area contributed by atoms with E-state index in [1.807, 2.05) is 6.20 Å². The third-order valence-electron chi connectivity index (χ3n) is 4.41. The Morgan fingerprint density at radius 3 is 2.53 bits per heavy atom. The topological polar surface area (TPSA) is 29.9 Å². The van der Waals surface area contributed by atoms with Crippen molar-refractivity contribution in [3.8, 4) is 0 Å². The molecule has 1 N–H and O–H groups in total. The fraction of sp³-hybridized carbons (Fsp3) is 0.812. The van der Waals surface area contributed by atoms with Crippen molar-refractivity contribution >= 4 is 0 Å². The van der Waals surface area contributed by atoms with Crippen molar-refractivity contribution in [2.75, 3.05) is 6.54 Å². The average molecular weight is 263 g/mol. The lowest BCUT2D eigenvalue weighted by Crippen LogP contribution is -2.31. The number of rotatable bonds is 5. The van der Waals surface area contributed by atoms with Gasteiger partial charge in [0.15, 0.2) is 0 Å². The number of hydrogen-bond donors (Lipinski definition) is 1. The first-order valence-corrected chi connectivity index (χ1v) is 8.11. The first-order valence-electron chi connectivity index (χ1n) is 8.11. The normalized spacial score (nSPS) is 19.9. The molecule has 3 nitrogen and oxygen atoms in total. The summed E-state index contributed by atoms with van der Waals surface area (Å²) in [6, 6.07) is 2.70. The van der Waals surface area contributed by atoms with Gasteiger partial charge >= 0.3 is 0 Å². The van der Waals surface area contributed by atoms with Crippen LogP contribution in [0, 0.1) is 5.92 Å². The summed E-state index contributed by atoms with van der Waals surface area (Å²) in [6.45, 7) is 6.40. The molecule has 1 aromatic rings. The van der Waals surface area contributed by atoms with Crippen LogP contribution >= 0.6 is 0 Å². The van der Waals surface area contributed by atoms with Crippen molar-refractivity contribution in [3.63, 3.8) is 0 Å². The standard InChI is InChI=1S/C16H29N3/c1-3-17-16(15-12-13-18-19(15)4-2)14-10-8-6-5-7-9-11-14/h12-14,16-17H,3-11H2,1-2H3. The van der Waals surface area contributed by atoms with Crippen LogP contribution in [-0.4, -0.2) is 16.3 Å². The summed E-state index contributed by atoms with van der Waals surface area (Å²) in [4.78, 5) is 0. The van der Waals surface area contributed by atoms with E-state index >= 15 is 0 Å². The minimum atomic E-state index is 0.491. The Morgan fingerprint density at radius 2 is 1.89 bits per heavy atom. The summed E-state index contributed by atoms with van der Waals surface area (Å²) >= 11 is 0. The quantitative estimate of drug-likeness (QED) is 0.872. The van der Waals surface area contributed by atoms with Gasteiger partial charge in [-0.3, -0.25) is 4.68 Å². The molecule has 0 spiro atoms. The molecule has 0 radical (unpaired) electrons. The van der Waals surface area contributed by atoms with Crippen LogP contribution < -0.4 is 5.32 Å². The molecule has 1 aliphatic carbocycles. The summed E-state index contributed by atoms with van der Waals surface area (Å²) in [6.07, 6.45) is 11.8. The first kappa shape index (κ1) is 14.6. The molecule has 0 aromatic carbocycles. The predicted octanol–water partition coefficient (Wildman–Crippen LogP) is 3.91. The van der Waals surface area contributed by atoms with Gasteiger partial charge in [-0.15, -0.1) is 0 Å². The fourth-order valence-corrected chi connectivity index (χ4v) is 3.43. The van der Waals surface area contributed by atoms with Crippen molar-refractivity contribution in [1.29, 1.82) is 0 Å². The molecule has 1 unspecified atom stereocenters. The zero-order valence-electron chi connectivity index (χ0n) is 12.6. The Labute approximate surface area is 117 Å². The van der Waals surface area contributed by atoms with Gasteiger partial charge in [0, 0.05) is 12.7 Å². The van der Waals surface area contributed by atoms with E-state index in [4.69, 9.17) is 0 Å². The third-order valence-corrected chi connectivity index (χ3v) is 4.41. The Morgan fingerprint density at radius 1 is 1.21 bits per heavy atom. The number of aromatic nitrogens is 2. The van der Waals surface area contributed by atoms with Gasteiger partial charge in [-0.25, -0.2) is 0 Å². The predicted molar refractivity (Wildman–Crippen MR) is 80.1 cm³/mol. The van der Waals surface area contributed by atoms with E-state index in [-0.39, 0.29) is 0 Å². The molecule has 1 aromatic heterocycles. The van der Waals surface area contributed by atoms with E-state index in [9.17, 15) is 0 Å². The summed E-state index contributed by atoms with van der Waals surface area (Å²) in [7, 11) is 0. The monoisotopic (exact) mass is 263 g/mol. The van der Waals surface area contributed by atoms with E-state index in [1.165, 1.54) is 50.6 Å². The maximum Gasteiger partial charge on any atom is 0.0556 e. The van der Waals surface area contributed by atoms with E-state index in [0.29, 0.717) is 6.04 Å². The second kappa shape index (κ2) is 7.68. The van der Waals surface area contributed by atoms with Gasteiger partial charge in [0.1, 0.15) is 0 Å². The van der Waals surface area contributed by atoms with Gasteiger partial charge in [-0.2, -0.15) is 5.10 Å². The highest BCUT2D eigenvalue weighted by Gasteiger charge is 2.25. The largest absolute Gasteiger partial charge is 0.309 e. The van der Waals surface area contributed by atoms with Crippen LogP contribution in [-0.2, 0) is 6.54 Å². The Kier molecular flexibility index (Phi) is 5.90. The molecule has 0 saturated heterocycles. The van der Waals surface area contributed by atoms with Crippen LogP contribution in [0.25, 0.3) is 0 Å². The lowest BCUT2D eigenvalue weighted by Gasteiger charge is -2.30. The number of hydrogen-bond acceptors (Lipinski definition) is 2. The van der Waals surface area contributed by atoms with Crippen molar-refractivity contribution in [2.45, 2.75) is 71.4 Å². The molecule has 1 fully saturated rings. The summed E-state index contributed by atoms with van der Waals surface area (Å²) in [5.74, 6) is 0.780. The maximum absolute atomic E-state index is 4.45. The number of nitrogens with zero attached hydrogens (tertiary/aromatic N) is 2. The van der Waals surface area contributed by atoms with Crippen molar-refractivity contribution in [3.05, 3.63) is 18.0 Å². The highest BCUT2D eigenvalue weighted by Crippen LogP contribution is 2.32. The van der Waals surface area contributed by atoms with Crippen LogP contribution in [0.3, 0.4) is 0 Å². The first-order chi connectivity index (χ1) is 9.36. The summed E-state index contributed by atoms with van der Waals surface area (Å²) in [5.41, 5.74) is 1.38. The van der Waals surface area contributed by atoms with Crippen LogP contribution in [0.2, 0.25) is 0 Å². The molecule has 1 atom stereocenters. The molecule has 0 amide bonds. The molecule has 1 heterocycles. The summed E-state index contributed by atoms with van der Waals surface area (Å²) < 4.78 is 2.16. The molecule has 19 heavy (non-hydrogen) atoms. The third kappa shape index (κ3) is 3.82. The fourth-order valence-electron chi connectivity index (χ4n) is 3.43. The number of aryl methyl sites for hydroxylation is 1. The molecule has 1 saturated carbocycles. The SMILES string of the molecule is CCNC(c1ccnn1CC)C1CCCCCCC1. The zero-order valence-corrected chi connectivity index (χ0v) is 12.6. The van der Waals surface area contributed by atoms with Gasteiger partial charge in [-0.05, 0) is 38.3 Å².